The molecule has 3 heteroatoms. The van der Waals surface area contributed by atoms with E-state index in [-0.39, 0.29) is 5.92 Å². The Morgan fingerprint density at radius 3 is 3.15 bits per heavy atom. The van der Waals surface area contributed by atoms with Crippen molar-refractivity contribution in [3.05, 3.63) is 11.0 Å². The molecule has 0 saturated heterocycles. The molecule has 2 nitrogen and oxygen atoms in total. The van der Waals surface area contributed by atoms with Gasteiger partial charge in [0.05, 0.1) is 0 Å². The molecule has 0 aromatic heterocycles. The molecule has 0 radical (unpaired) electrons. The van der Waals surface area contributed by atoms with Gasteiger partial charge in [-0.1, -0.05) is 13.0 Å². The van der Waals surface area contributed by atoms with Crippen LogP contribution in [-0.2, 0) is 4.74 Å². The SMILES string of the molecule is CCCOC(O)C1CCCC=C1S. The van der Waals surface area contributed by atoms with Crippen LogP contribution in [0.2, 0.25) is 0 Å². The summed E-state index contributed by atoms with van der Waals surface area (Å²) in [5, 5.41) is 9.66. The topological polar surface area (TPSA) is 29.5 Å². The number of thiol groups is 1. The first-order valence-corrected chi connectivity index (χ1v) is 5.39. The van der Waals surface area contributed by atoms with Crippen LogP contribution in [0.25, 0.3) is 0 Å². The lowest BCUT2D eigenvalue weighted by Crippen LogP contribution is -2.25. The number of aliphatic hydroxyl groups excluding tert-OH is 1. The van der Waals surface area contributed by atoms with Crippen LogP contribution < -0.4 is 0 Å². The largest absolute Gasteiger partial charge is 0.367 e. The fourth-order valence-electron chi connectivity index (χ4n) is 1.53. The smallest absolute Gasteiger partial charge is 0.161 e. The molecule has 0 bridgehead atoms. The first kappa shape index (κ1) is 11.1. The maximum absolute atomic E-state index is 9.66. The van der Waals surface area contributed by atoms with E-state index in [0.29, 0.717) is 6.61 Å². The lowest BCUT2D eigenvalue weighted by molar-refractivity contribution is -0.126. The van der Waals surface area contributed by atoms with Crippen LogP contribution in [0.1, 0.15) is 32.6 Å². The Labute approximate surface area is 85.4 Å². The molecule has 0 fully saturated rings. The Bertz CT molecular complexity index is 180. The van der Waals surface area contributed by atoms with E-state index in [4.69, 9.17) is 4.74 Å². The summed E-state index contributed by atoms with van der Waals surface area (Å²) < 4.78 is 5.27. The Morgan fingerprint density at radius 1 is 1.77 bits per heavy atom. The number of hydrogen-bond donors (Lipinski definition) is 2. The lowest BCUT2D eigenvalue weighted by atomic mass is 9.95. The minimum absolute atomic E-state index is 0.101. The molecule has 0 aliphatic heterocycles. The van der Waals surface area contributed by atoms with Crippen LogP contribution in [0, 0.1) is 5.92 Å². The van der Waals surface area contributed by atoms with Crippen molar-refractivity contribution >= 4 is 12.6 Å². The average molecular weight is 202 g/mol. The molecule has 0 spiro atoms. The van der Waals surface area contributed by atoms with Crippen molar-refractivity contribution in [1.82, 2.24) is 0 Å². The molecule has 0 heterocycles. The van der Waals surface area contributed by atoms with Crippen molar-refractivity contribution in [3.8, 4) is 0 Å². The van der Waals surface area contributed by atoms with Crippen LogP contribution in [0.4, 0.5) is 0 Å². The average Bonchev–Trinajstić information content (AvgIpc) is 2.15. The Morgan fingerprint density at radius 2 is 2.54 bits per heavy atom. The molecular weight excluding hydrogens is 184 g/mol. The van der Waals surface area contributed by atoms with Crippen LogP contribution in [0.3, 0.4) is 0 Å². The molecule has 0 aromatic carbocycles. The summed E-state index contributed by atoms with van der Waals surface area (Å²) in [7, 11) is 0. The maximum Gasteiger partial charge on any atom is 0.161 e. The molecule has 76 valence electrons. The van der Waals surface area contributed by atoms with Gasteiger partial charge in [0, 0.05) is 12.5 Å². The summed E-state index contributed by atoms with van der Waals surface area (Å²) in [5.74, 6) is 0.101. The van der Waals surface area contributed by atoms with Crippen molar-refractivity contribution in [1.29, 1.82) is 0 Å². The van der Waals surface area contributed by atoms with E-state index in [1.54, 1.807) is 0 Å². The molecule has 2 atom stereocenters. The van der Waals surface area contributed by atoms with Gasteiger partial charge in [-0.3, -0.25) is 0 Å². The van der Waals surface area contributed by atoms with E-state index in [1.807, 2.05) is 6.92 Å². The summed E-state index contributed by atoms with van der Waals surface area (Å²) in [4.78, 5) is 0.981. The monoisotopic (exact) mass is 202 g/mol. The molecule has 2 unspecified atom stereocenters. The van der Waals surface area contributed by atoms with Crippen molar-refractivity contribution in [2.75, 3.05) is 6.61 Å². The number of hydrogen-bond acceptors (Lipinski definition) is 3. The number of aliphatic hydroxyl groups is 1. The predicted molar refractivity (Wildman–Crippen MR) is 56.7 cm³/mol. The zero-order chi connectivity index (χ0) is 9.68. The van der Waals surface area contributed by atoms with Gasteiger partial charge in [0.2, 0.25) is 0 Å². The first-order valence-electron chi connectivity index (χ1n) is 4.94. The van der Waals surface area contributed by atoms with Gasteiger partial charge in [0.1, 0.15) is 0 Å². The predicted octanol–water partition coefficient (Wildman–Crippen LogP) is 2.35. The van der Waals surface area contributed by atoms with Gasteiger partial charge in [-0.25, -0.2) is 0 Å². The standard InChI is InChI=1S/C10H18O2S/c1-2-7-12-10(11)8-5-3-4-6-9(8)13/h6,8,10-11,13H,2-5,7H2,1H3. The van der Waals surface area contributed by atoms with Crippen molar-refractivity contribution in [2.24, 2.45) is 5.92 Å². The lowest BCUT2D eigenvalue weighted by Gasteiger charge is -2.25. The van der Waals surface area contributed by atoms with E-state index < -0.39 is 6.29 Å². The van der Waals surface area contributed by atoms with Crippen molar-refractivity contribution in [3.63, 3.8) is 0 Å². The molecule has 1 N–H and O–H groups in total. The van der Waals surface area contributed by atoms with Gasteiger partial charge >= 0.3 is 0 Å². The highest BCUT2D eigenvalue weighted by Crippen LogP contribution is 2.30. The summed E-state index contributed by atoms with van der Waals surface area (Å²) >= 11 is 4.34. The Kier molecular flexibility index (Phi) is 4.84. The van der Waals surface area contributed by atoms with Crippen LogP contribution in [0.15, 0.2) is 11.0 Å². The Balaban J connectivity index is 2.40. The van der Waals surface area contributed by atoms with Gasteiger partial charge in [-0.15, -0.1) is 12.6 Å². The van der Waals surface area contributed by atoms with Crippen molar-refractivity contribution in [2.45, 2.75) is 38.9 Å². The first-order chi connectivity index (χ1) is 6.25. The van der Waals surface area contributed by atoms with E-state index in [0.717, 1.165) is 30.6 Å². The molecule has 0 amide bonds. The highest BCUT2D eigenvalue weighted by atomic mass is 32.1. The summed E-state index contributed by atoms with van der Waals surface area (Å²) in [6.07, 6.45) is 5.55. The third-order valence-corrected chi connectivity index (χ3v) is 2.80. The second-order valence-electron chi connectivity index (χ2n) is 3.43. The number of rotatable bonds is 4. The highest BCUT2D eigenvalue weighted by Gasteiger charge is 2.23. The quantitative estimate of drug-likeness (QED) is 0.541. The number of allylic oxidation sites excluding steroid dienone is 1. The van der Waals surface area contributed by atoms with Crippen LogP contribution in [0.5, 0.6) is 0 Å². The molecule has 13 heavy (non-hydrogen) atoms. The second kappa shape index (κ2) is 5.68. The van der Waals surface area contributed by atoms with E-state index in [2.05, 4.69) is 18.7 Å². The summed E-state index contributed by atoms with van der Waals surface area (Å²) in [5.41, 5.74) is 0. The van der Waals surface area contributed by atoms with E-state index in [9.17, 15) is 5.11 Å². The van der Waals surface area contributed by atoms with Gasteiger partial charge in [-0.2, -0.15) is 0 Å². The van der Waals surface area contributed by atoms with Crippen molar-refractivity contribution < 1.29 is 9.84 Å². The molecular formula is C10H18O2S. The zero-order valence-electron chi connectivity index (χ0n) is 8.07. The fraction of sp³-hybridized carbons (Fsp3) is 0.800. The molecule has 1 aliphatic carbocycles. The molecule has 0 aromatic rings. The molecule has 1 aliphatic rings. The Hall–Kier alpha value is 0.01000. The normalized spacial score (nSPS) is 25.5. The highest BCUT2D eigenvalue weighted by molar-refractivity contribution is 7.84. The summed E-state index contributed by atoms with van der Waals surface area (Å²) in [6, 6.07) is 0. The second-order valence-corrected chi connectivity index (χ2v) is 3.94. The number of ether oxygens (including phenoxy) is 1. The minimum atomic E-state index is -0.663. The van der Waals surface area contributed by atoms with Crippen LogP contribution >= 0.6 is 12.6 Å². The maximum atomic E-state index is 9.66. The van der Waals surface area contributed by atoms with E-state index in [1.165, 1.54) is 0 Å². The van der Waals surface area contributed by atoms with Gasteiger partial charge in [-0.05, 0) is 30.6 Å². The summed E-state index contributed by atoms with van der Waals surface area (Å²) in [6.45, 7) is 2.66. The van der Waals surface area contributed by atoms with Gasteiger partial charge < -0.3 is 9.84 Å². The van der Waals surface area contributed by atoms with Crippen LogP contribution in [-0.4, -0.2) is 18.0 Å². The minimum Gasteiger partial charge on any atom is -0.367 e. The zero-order valence-corrected chi connectivity index (χ0v) is 8.96. The van der Waals surface area contributed by atoms with E-state index >= 15 is 0 Å². The third-order valence-electron chi connectivity index (χ3n) is 2.29. The van der Waals surface area contributed by atoms with Gasteiger partial charge in [0.15, 0.2) is 6.29 Å². The molecule has 1 rings (SSSR count). The third kappa shape index (κ3) is 3.33. The fourth-order valence-corrected chi connectivity index (χ4v) is 1.92. The van der Waals surface area contributed by atoms with Gasteiger partial charge in [0.25, 0.3) is 0 Å². The molecule has 0 saturated carbocycles.